The van der Waals surface area contributed by atoms with Crippen molar-refractivity contribution < 1.29 is 0 Å². The highest BCUT2D eigenvalue weighted by atomic mass is 32.1. The highest BCUT2D eigenvalue weighted by molar-refractivity contribution is 7.17. The maximum absolute atomic E-state index is 13.1. The Kier molecular flexibility index (Phi) is 4.25. The molecule has 0 radical (unpaired) electrons. The van der Waals surface area contributed by atoms with Gasteiger partial charge in [-0.3, -0.25) is 9.20 Å². The molecule has 146 valence electrons. The van der Waals surface area contributed by atoms with Gasteiger partial charge in [-0.2, -0.15) is 15.5 Å². The van der Waals surface area contributed by atoms with E-state index in [9.17, 15) is 15.3 Å². The SMILES string of the molecule is N#Cc1c(-c2ccccc2)c(C#N)c2nc(=O)c3c(-c4ccccc4)csc3n2c1N. The van der Waals surface area contributed by atoms with Crippen molar-refractivity contribution in [2.75, 3.05) is 5.73 Å². The normalized spacial score (nSPS) is 10.8. The number of nitrogens with two attached hydrogens (primary N) is 1. The van der Waals surface area contributed by atoms with Crippen LogP contribution in [0.25, 0.3) is 38.1 Å². The Balaban J connectivity index is 1.98. The number of hydrogen-bond acceptors (Lipinski definition) is 6. The summed E-state index contributed by atoms with van der Waals surface area (Å²) in [5.74, 6) is 0.148. The molecule has 0 saturated heterocycles. The molecule has 6 nitrogen and oxygen atoms in total. The van der Waals surface area contributed by atoms with Crippen LogP contribution in [0.15, 0.2) is 70.8 Å². The van der Waals surface area contributed by atoms with Crippen LogP contribution in [0.5, 0.6) is 0 Å². The number of rotatable bonds is 2. The van der Waals surface area contributed by atoms with Gasteiger partial charge in [0.25, 0.3) is 5.56 Å². The van der Waals surface area contributed by atoms with Crippen molar-refractivity contribution in [1.29, 1.82) is 10.5 Å². The highest BCUT2D eigenvalue weighted by Gasteiger charge is 2.24. The van der Waals surface area contributed by atoms with Crippen molar-refractivity contribution in [1.82, 2.24) is 9.38 Å². The Bertz CT molecular complexity index is 1620. The number of anilines is 1. The van der Waals surface area contributed by atoms with E-state index in [4.69, 9.17) is 5.73 Å². The monoisotopic (exact) mass is 419 g/mol. The molecule has 5 aromatic rings. The summed E-state index contributed by atoms with van der Waals surface area (Å²) < 4.78 is 1.55. The van der Waals surface area contributed by atoms with Crippen LogP contribution in [0.2, 0.25) is 0 Å². The van der Waals surface area contributed by atoms with Crippen molar-refractivity contribution in [3.05, 3.63) is 87.5 Å². The number of hydrogen-bond donors (Lipinski definition) is 1. The quantitative estimate of drug-likeness (QED) is 0.451. The molecule has 7 heteroatoms. The minimum atomic E-state index is -0.435. The molecule has 0 aliphatic rings. The van der Waals surface area contributed by atoms with Gasteiger partial charge in [-0.05, 0) is 11.1 Å². The van der Waals surface area contributed by atoms with Crippen molar-refractivity contribution in [2.24, 2.45) is 0 Å². The molecule has 0 bridgehead atoms. The van der Waals surface area contributed by atoms with E-state index in [1.807, 2.05) is 53.9 Å². The van der Waals surface area contributed by atoms with E-state index in [1.165, 1.54) is 11.3 Å². The van der Waals surface area contributed by atoms with Crippen LogP contribution in [-0.2, 0) is 0 Å². The average molecular weight is 419 g/mol. The first-order chi connectivity index (χ1) is 15.2. The fourth-order valence-corrected chi connectivity index (χ4v) is 4.92. The van der Waals surface area contributed by atoms with Crippen LogP contribution in [0.4, 0.5) is 5.82 Å². The van der Waals surface area contributed by atoms with Gasteiger partial charge < -0.3 is 5.73 Å². The summed E-state index contributed by atoms with van der Waals surface area (Å²) in [7, 11) is 0. The molecule has 2 N–H and O–H groups in total. The maximum Gasteiger partial charge on any atom is 0.282 e. The molecule has 0 unspecified atom stereocenters. The van der Waals surface area contributed by atoms with Gasteiger partial charge in [-0.1, -0.05) is 60.7 Å². The summed E-state index contributed by atoms with van der Waals surface area (Å²) in [4.78, 5) is 17.9. The Morgan fingerprint density at radius 2 is 1.52 bits per heavy atom. The van der Waals surface area contributed by atoms with Crippen LogP contribution >= 0.6 is 11.3 Å². The third-order valence-electron chi connectivity index (χ3n) is 5.20. The Hall–Kier alpha value is -4.46. The Morgan fingerprint density at radius 3 is 2.13 bits per heavy atom. The molecule has 0 atom stereocenters. The van der Waals surface area contributed by atoms with Gasteiger partial charge in [0.15, 0.2) is 5.65 Å². The molecule has 0 aliphatic carbocycles. The zero-order valence-corrected chi connectivity index (χ0v) is 16.9. The zero-order chi connectivity index (χ0) is 21.5. The van der Waals surface area contributed by atoms with Gasteiger partial charge in [0.05, 0.1) is 5.39 Å². The number of nitriles is 2. The maximum atomic E-state index is 13.1. The standard InChI is InChI=1S/C24H13N5OS/c25-11-16-19(15-9-5-2-6-10-15)17(12-26)22-28-23(30)20-18(14-7-3-1-4-8-14)13-31-24(20)29(22)21(16)27/h1-10,13H,27H2. The first-order valence-electron chi connectivity index (χ1n) is 9.36. The van der Waals surface area contributed by atoms with Crippen molar-refractivity contribution in [2.45, 2.75) is 0 Å². The molecule has 0 fully saturated rings. The third-order valence-corrected chi connectivity index (χ3v) is 6.16. The minimum absolute atomic E-state index is 0.144. The number of fused-ring (bicyclic) bond motifs is 3. The van der Waals surface area contributed by atoms with Crippen molar-refractivity contribution in [3.63, 3.8) is 0 Å². The van der Waals surface area contributed by atoms with Crippen LogP contribution in [0.3, 0.4) is 0 Å². The molecule has 31 heavy (non-hydrogen) atoms. The first kappa shape index (κ1) is 18.6. The molecule has 0 amide bonds. The molecule has 2 aromatic carbocycles. The third kappa shape index (κ3) is 2.69. The zero-order valence-electron chi connectivity index (χ0n) is 16.0. The summed E-state index contributed by atoms with van der Waals surface area (Å²) in [5, 5.41) is 22.2. The molecule has 0 aliphatic heterocycles. The van der Waals surface area contributed by atoms with Gasteiger partial charge in [0.1, 0.15) is 33.9 Å². The highest BCUT2D eigenvalue weighted by Crippen LogP contribution is 2.37. The van der Waals surface area contributed by atoms with Crippen LogP contribution in [0, 0.1) is 22.7 Å². The van der Waals surface area contributed by atoms with Gasteiger partial charge >= 0.3 is 0 Å². The Labute approximate surface area is 180 Å². The number of aromatic nitrogens is 2. The van der Waals surface area contributed by atoms with Crippen molar-refractivity contribution in [3.8, 4) is 34.4 Å². The second kappa shape index (κ2) is 7.10. The number of pyridine rings is 1. The lowest BCUT2D eigenvalue weighted by Gasteiger charge is -2.15. The minimum Gasteiger partial charge on any atom is -0.384 e. The lowest BCUT2D eigenvalue weighted by Crippen LogP contribution is -2.15. The van der Waals surface area contributed by atoms with E-state index in [0.29, 0.717) is 21.3 Å². The summed E-state index contributed by atoms with van der Waals surface area (Å²) in [5.41, 5.74) is 9.16. The lowest BCUT2D eigenvalue weighted by atomic mass is 9.96. The smallest absolute Gasteiger partial charge is 0.282 e. The number of benzene rings is 2. The second-order valence-electron chi connectivity index (χ2n) is 6.87. The molecule has 3 heterocycles. The van der Waals surface area contributed by atoms with Crippen LogP contribution in [-0.4, -0.2) is 9.38 Å². The van der Waals surface area contributed by atoms with E-state index in [-0.39, 0.29) is 22.6 Å². The van der Waals surface area contributed by atoms with E-state index >= 15 is 0 Å². The fraction of sp³-hybridized carbons (Fsp3) is 0. The predicted octanol–water partition coefficient (Wildman–Crippen LogP) is 4.57. The van der Waals surface area contributed by atoms with Crippen molar-refractivity contribution >= 4 is 33.0 Å². The van der Waals surface area contributed by atoms with Crippen LogP contribution in [0.1, 0.15) is 11.1 Å². The molecule has 3 aromatic heterocycles. The van der Waals surface area contributed by atoms with Gasteiger partial charge in [-0.25, -0.2) is 0 Å². The summed E-state index contributed by atoms with van der Waals surface area (Å²) in [6.45, 7) is 0. The summed E-state index contributed by atoms with van der Waals surface area (Å²) in [6.07, 6.45) is 0. The number of nitrogen functional groups attached to an aromatic ring is 1. The van der Waals surface area contributed by atoms with E-state index in [2.05, 4.69) is 17.1 Å². The number of thiophene rings is 1. The fourth-order valence-electron chi connectivity index (χ4n) is 3.83. The largest absolute Gasteiger partial charge is 0.384 e. The Morgan fingerprint density at radius 1 is 0.903 bits per heavy atom. The predicted molar refractivity (Wildman–Crippen MR) is 122 cm³/mol. The first-order valence-corrected chi connectivity index (χ1v) is 10.2. The van der Waals surface area contributed by atoms with E-state index < -0.39 is 5.56 Å². The summed E-state index contributed by atoms with van der Waals surface area (Å²) >= 11 is 1.33. The van der Waals surface area contributed by atoms with Gasteiger partial charge in [0, 0.05) is 16.5 Å². The van der Waals surface area contributed by atoms with Crippen LogP contribution < -0.4 is 11.3 Å². The van der Waals surface area contributed by atoms with Gasteiger partial charge in [0.2, 0.25) is 0 Å². The molecule has 0 saturated carbocycles. The topological polar surface area (TPSA) is 108 Å². The van der Waals surface area contributed by atoms with E-state index in [0.717, 1.165) is 11.1 Å². The lowest BCUT2D eigenvalue weighted by molar-refractivity contribution is 1.14. The average Bonchev–Trinajstić information content (AvgIpc) is 3.26. The number of nitrogens with zero attached hydrogens (tertiary/aromatic N) is 4. The summed E-state index contributed by atoms with van der Waals surface area (Å²) in [6, 6.07) is 22.9. The molecular weight excluding hydrogens is 406 g/mol. The molecule has 5 rings (SSSR count). The molecular formula is C24H13N5OS. The van der Waals surface area contributed by atoms with E-state index in [1.54, 1.807) is 16.5 Å². The second-order valence-corrected chi connectivity index (χ2v) is 7.73. The van der Waals surface area contributed by atoms with Gasteiger partial charge in [-0.15, -0.1) is 11.3 Å². The molecule has 0 spiro atoms.